The van der Waals surface area contributed by atoms with Crippen molar-refractivity contribution in [1.29, 1.82) is 5.26 Å². The van der Waals surface area contributed by atoms with Crippen LogP contribution in [0.25, 0.3) is 0 Å². The van der Waals surface area contributed by atoms with Crippen LogP contribution < -0.4 is 8.92 Å². The van der Waals surface area contributed by atoms with Crippen LogP contribution in [0.5, 0.6) is 11.6 Å². The number of ether oxygens (including phenoxy) is 2. The molecule has 1 heterocycles. The smallest absolute Gasteiger partial charge is 0.228 e. The number of nitriles is 1. The van der Waals surface area contributed by atoms with Gasteiger partial charge in [0.2, 0.25) is 5.88 Å². The summed E-state index contributed by atoms with van der Waals surface area (Å²) in [6.07, 6.45) is 0. The molecular weight excluding hydrogens is 344 g/mol. The highest BCUT2D eigenvalue weighted by Crippen LogP contribution is 2.27. The van der Waals surface area contributed by atoms with Crippen LogP contribution in [0.3, 0.4) is 0 Å². The Bertz CT molecular complexity index is 715. The summed E-state index contributed by atoms with van der Waals surface area (Å²) in [7, 11) is 1.63. The fourth-order valence-electron chi connectivity index (χ4n) is 2.07. The van der Waals surface area contributed by atoms with Crippen LogP contribution >= 0.6 is 24.7 Å². The van der Waals surface area contributed by atoms with E-state index < -0.39 is 0 Å². The Balaban J connectivity index is 2.10. The lowest BCUT2D eigenvalue weighted by molar-refractivity contribution is 0.106. The maximum absolute atomic E-state index is 9.43. The van der Waals surface area contributed by atoms with Crippen molar-refractivity contribution in [2.24, 2.45) is 0 Å². The molecule has 126 valence electrons. The minimum atomic E-state index is 0.291. The monoisotopic (exact) mass is 362 g/mol. The minimum absolute atomic E-state index is 0.291. The first kappa shape index (κ1) is 18.5. The number of hydrogen-bond acceptors (Lipinski definition) is 7. The van der Waals surface area contributed by atoms with Crippen LogP contribution in [-0.4, -0.2) is 17.8 Å². The third-order valence-corrected chi connectivity index (χ3v) is 4.26. The van der Waals surface area contributed by atoms with Crippen LogP contribution in [0.2, 0.25) is 0 Å². The second-order valence-corrected chi connectivity index (χ2v) is 6.21. The molecule has 0 fully saturated rings. The number of thioether (sulfide) groups is 1. The molecule has 0 aliphatic heterocycles. The van der Waals surface area contributed by atoms with Gasteiger partial charge in [-0.2, -0.15) is 5.26 Å². The third-order valence-electron chi connectivity index (χ3n) is 3.22. The molecule has 0 amide bonds. The molecule has 2 rings (SSSR count). The molecule has 0 bridgehead atoms. The van der Waals surface area contributed by atoms with E-state index in [2.05, 4.69) is 24.0 Å². The summed E-state index contributed by atoms with van der Waals surface area (Å²) < 4.78 is 15.8. The molecule has 7 heteroatoms. The Morgan fingerprint density at radius 3 is 2.58 bits per heavy atom. The van der Waals surface area contributed by atoms with Gasteiger partial charge in [-0.05, 0) is 23.4 Å². The Kier molecular flexibility index (Phi) is 7.25. The van der Waals surface area contributed by atoms with Crippen LogP contribution in [0.15, 0.2) is 35.4 Å². The van der Waals surface area contributed by atoms with Gasteiger partial charge in [0.15, 0.2) is 0 Å². The molecule has 0 aliphatic carbocycles. The number of thiol groups is 1. The Labute approximate surface area is 151 Å². The summed E-state index contributed by atoms with van der Waals surface area (Å²) in [5.74, 6) is 1.97. The van der Waals surface area contributed by atoms with Crippen molar-refractivity contribution >= 4 is 24.7 Å². The van der Waals surface area contributed by atoms with E-state index in [0.717, 1.165) is 22.6 Å². The quantitative estimate of drug-likeness (QED) is 0.435. The highest BCUT2D eigenvalue weighted by molar-refractivity contribution is 7.99. The SMILES string of the molecule is CCSc1nc(OS)cc(COCc2ccc(OC)cc2)c1C#N. The standard InChI is InChI=1S/C17H18N2O3S2/c1-3-24-17-15(9-18)13(8-16(19-17)22-23)11-21-10-12-4-6-14(20-2)7-5-12/h4-8,23H,3,10-11H2,1-2H3. The predicted molar refractivity (Wildman–Crippen MR) is 96.5 cm³/mol. The Morgan fingerprint density at radius 1 is 1.25 bits per heavy atom. The van der Waals surface area contributed by atoms with Gasteiger partial charge in [-0.3, -0.25) is 0 Å². The minimum Gasteiger partial charge on any atom is -0.497 e. The zero-order chi connectivity index (χ0) is 17.4. The first-order chi connectivity index (χ1) is 11.7. The van der Waals surface area contributed by atoms with Gasteiger partial charge in [0.05, 0.1) is 25.9 Å². The van der Waals surface area contributed by atoms with Crippen LogP contribution in [0, 0.1) is 11.3 Å². The number of nitrogens with zero attached hydrogens (tertiary/aromatic N) is 2. The number of benzene rings is 1. The highest BCUT2D eigenvalue weighted by atomic mass is 32.2. The van der Waals surface area contributed by atoms with E-state index in [1.165, 1.54) is 11.8 Å². The van der Waals surface area contributed by atoms with Gasteiger partial charge in [0, 0.05) is 24.5 Å². The normalized spacial score (nSPS) is 10.2. The van der Waals surface area contributed by atoms with Gasteiger partial charge in [-0.25, -0.2) is 4.98 Å². The molecule has 24 heavy (non-hydrogen) atoms. The zero-order valence-electron chi connectivity index (χ0n) is 13.5. The molecule has 5 nitrogen and oxygen atoms in total. The highest BCUT2D eigenvalue weighted by Gasteiger charge is 2.13. The lowest BCUT2D eigenvalue weighted by Gasteiger charge is -2.11. The van der Waals surface area contributed by atoms with Gasteiger partial charge >= 0.3 is 0 Å². The summed E-state index contributed by atoms with van der Waals surface area (Å²) in [5.41, 5.74) is 2.28. The van der Waals surface area contributed by atoms with E-state index in [0.29, 0.717) is 29.7 Å². The second-order valence-electron chi connectivity index (χ2n) is 4.78. The number of aromatic nitrogens is 1. The average molecular weight is 362 g/mol. The summed E-state index contributed by atoms with van der Waals surface area (Å²) >= 11 is 5.28. The predicted octanol–water partition coefficient (Wildman–Crippen LogP) is 4.01. The first-order valence-corrected chi connectivity index (χ1v) is 8.65. The number of methoxy groups -OCH3 is 1. The Hall–Kier alpha value is -1.88. The maximum atomic E-state index is 9.43. The van der Waals surface area contributed by atoms with Crippen LogP contribution in [0.4, 0.5) is 0 Å². The van der Waals surface area contributed by atoms with Crippen molar-refractivity contribution in [1.82, 2.24) is 4.98 Å². The van der Waals surface area contributed by atoms with Crippen molar-refractivity contribution in [3.63, 3.8) is 0 Å². The molecule has 2 aromatic rings. The van der Waals surface area contributed by atoms with Gasteiger partial charge in [0.25, 0.3) is 0 Å². The maximum Gasteiger partial charge on any atom is 0.228 e. The fraction of sp³-hybridized carbons (Fsp3) is 0.294. The van der Waals surface area contributed by atoms with Gasteiger partial charge in [-0.15, -0.1) is 11.8 Å². The summed E-state index contributed by atoms with van der Waals surface area (Å²) in [6.45, 7) is 2.73. The van der Waals surface area contributed by atoms with E-state index in [-0.39, 0.29) is 0 Å². The number of hydrogen-bond donors (Lipinski definition) is 1. The fourth-order valence-corrected chi connectivity index (χ4v) is 2.91. The van der Waals surface area contributed by atoms with Gasteiger partial charge in [-0.1, -0.05) is 19.1 Å². The molecule has 0 saturated carbocycles. The van der Waals surface area contributed by atoms with Gasteiger partial charge < -0.3 is 13.7 Å². The van der Waals surface area contributed by atoms with Crippen LogP contribution in [0.1, 0.15) is 23.6 Å². The van der Waals surface area contributed by atoms with E-state index in [1.807, 2.05) is 31.2 Å². The molecule has 0 aliphatic rings. The third kappa shape index (κ3) is 4.81. The molecule has 1 aromatic carbocycles. The molecule has 0 spiro atoms. The number of rotatable bonds is 8. The molecule has 0 N–H and O–H groups in total. The summed E-state index contributed by atoms with van der Waals surface area (Å²) in [6, 6.07) is 11.5. The molecule has 0 radical (unpaired) electrons. The van der Waals surface area contributed by atoms with Crippen molar-refractivity contribution in [3.05, 3.63) is 47.0 Å². The summed E-state index contributed by atoms with van der Waals surface area (Å²) in [4.78, 5) is 4.27. The van der Waals surface area contributed by atoms with E-state index in [9.17, 15) is 5.26 Å². The molecule has 0 atom stereocenters. The van der Waals surface area contributed by atoms with E-state index in [1.54, 1.807) is 13.2 Å². The van der Waals surface area contributed by atoms with Crippen molar-refractivity contribution in [2.45, 2.75) is 25.2 Å². The van der Waals surface area contributed by atoms with Crippen molar-refractivity contribution in [2.75, 3.05) is 12.9 Å². The number of pyridine rings is 1. The van der Waals surface area contributed by atoms with Gasteiger partial charge in [0.1, 0.15) is 16.8 Å². The lowest BCUT2D eigenvalue weighted by atomic mass is 10.1. The topological polar surface area (TPSA) is 64.4 Å². The first-order valence-electron chi connectivity index (χ1n) is 7.30. The Morgan fingerprint density at radius 2 is 2.00 bits per heavy atom. The zero-order valence-corrected chi connectivity index (χ0v) is 15.2. The lowest BCUT2D eigenvalue weighted by Crippen LogP contribution is -2.01. The largest absolute Gasteiger partial charge is 0.497 e. The molecular formula is C17H18N2O3S2. The van der Waals surface area contributed by atoms with Crippen molar-refractivity contribution < 1.29 is 13.7 Å². The molecule has 1 aromatic heterocycles. The average Bonchev–Trinajstić information content (AvgIpc) is 2.62. The van der Waals surface area contributed by atoms with E-state index >= 15 is 0 Å². The molecule has 0 unspecified atom stereocenters. The second kappa shape index (κ2) is 9.42. The van der Waals surface area contributed by atoms with E-state index in [4.69, 9.17) is 13.7 Å². The van der Waals surface area contributed by atoms with Crippen LogP contribution in [-0.2, 0) is 18.0 Å². The van der Waals surface area contributed by atoms with Crippen molar-refractivity contribution in [3.8, 4) is 17.7 Å². The molecule has 0 saturated heterocycles. The summed E-state index contributed by atoms with van der Waals surface area (Å²) in [5, 5.41) is 10.1.